The number of nitrogens with zero attached hydrogens (tertiary/aromatic N) is 2. The van der Waals surface area contributed by atoms with E-state index in [1.165, 1.54) is 24.1 Å². The quantitative estimate of drug-likeness (QED) is 0.229. The monoisotopic (exact) mass is 617 g/mol. The number of hydrogen-bond donors (Lipinski definition) is 1. The van der Waals surface area contributed by atoms with Gasteiger partial charge < -0.3 is 10.2 Å². The van der Waals surface area contributed by atoms with Crippen molar-refractivity contribution >= 4 is 39.1 Å². The van der Waals surface area contributed by atoms with Gasteiger partial charge in [0.25, 0.3) is 10.0 Å². The number of aryl methyl sites for hydroxylation is 3. The number of carbonyl (C=O) groups excluding carboxylic acids is 2. The van der Waals surface area contributed by atoms with Crippen LogP contribution in [0.3, 0.4) is 0 Å². The van der Waals surface area contributed by atoms with Gasteiger partial charge in [0.2, 0.25) is 11.8 Å². The van der Waals surface area contributed by atoms with Gasteiger partial charge in [0.1, 0.15) is 12.6 Å². The first-order chi connectivity index (χ1) is 20.5. The SMILES string of the molecule is CNC(=O)C(Cc1ccccc1)N(Cc1ccc(C)cc1)C(=O)CN(c1cc(Cl)ccc1C)S(=O)(=O)c1ccc(C)cc1. The maximum atomic E-state index is 14.4. The van der Waals surface area contributed by atoms with Gasteiger partial charge >= 0.3 is 0 Å². The van der Waals surface area contributed by atoms with Gasteiger partial charge in [-0.3, -0.25) is 13.9 Å². The molecule has 1 unspecified atom stereocenters. The predicted octanol–water partition coefficient (Wildman–Crippen LogP) is 5.85. The van der Waals surface area contributed by atoms with Crippen molar-refractivity contribution in [3.05, 3.63) is 130 Å². The predicted molar refractivity (Wildman–Crippen MR) is 172 cm³/mol. The van der Waals surface area contributed by atoms with Crippen LogP contribution in [0.1, 0.15) is 27.8 Å². The van der Waals surface area contributed by atoms with Crippen LogP contribution in [-0.4, -0.2) is 44.8 Å². The fraction of sp³-hybridized carbons (Fsp3) is 0.235. The molecule has 0 bridgehead atoms. The van der Waals surface area contributed by atoms with Crippen molar-refractivity contribution in [1.82, 2.24) is 10.2 Å². The fourth-order valence-electron chi connectivity index (χ4n) is 4.81. The van der Waals surface area contributed by atoms with E-state index in [-0.39, 0.29) is 29.5 Å². The molecule has 0 saturated carbocycles. The van der Waals surface area contributed by atoms with Crippen LogP contribution in [0.4, 0.5) is 5.69 Å². The maximum Gasteiger partial charge on any atom is 0.264 e. The molecule has 43 heavy (non-hydrogen) atoms. The lowest BCUT2D eigenvalue weighted by Gasteiger charge is -2.34. The molecule has 4 aromatic carbocycles. The molecule has 9 heteroatoms. The summed E-state index contributed by atoms with van der Waals surface area (Å²) in [5.74, 6) is -0.878. The lowest BCUT2D eigenvalue weighted by Crippen LogP contribution is -2.53. The molecule has 1 N–H and O–H groups in total. The number of amides is 2. The number of likely N-dealkylation sites (N-methyl/N-ethyl adjacent to an activating group) is 1. The Balaban J connectivity index is 1.81. The summed E-state index contributed by atoms with van der Waals surface area (Å²) in [5, 5.41) is 3.03. The molecular formula is C34H36ClN3O4S. The first-order valence-corrected chi connectivity index (χ1v) is 15.8. The number of benzene rings is 4. The Morgan fingerprint density at radius 3 is 2.02 bits per heavy atom. The van der Waals surface area contributed by atoms with Gasteiger partial charge in [0.05, 0.1) is 10.6 Å². The molecule has 0 aliphatic heterocycles. The molecule has 0 aromatic heterocycles. The minimum atomic E-state index is -4.20. The molecule has 0 spiro atoms. The largest absolute Gasteiger partial charge is 0.357 e. The molecule has 0 aliphatic carbocycles. The van der Waals surface area contributed by atoms with Crippen LogP contribution >= 0.6 is 11.6 Å². The first kappa shape index (κ1) is 31.8. The van der Waals surface area contributed by atoms with Crippen molar-refractivity contribution in [2.24, 2.45) is 0 Å². The topological polar surface area (TPSA) is 86.8 Å². The second-order valence-corrected chi connectivity index (χ2v) is 12.9. The van der Waals surface area contributed by atoms with E-state index < -0.39 is 28.5 Å². The Morgan fingerprint density at radius 2 is 1.42 bits per heavy atom. The molecule has 4 aromatic rings. The second-order valence-electron chi connectivity index (χ2n) is 10.6. The van der Waals surface area contributed by atoms with Crippen LogP contribution in [0.5, 0.6) is 0 Å². The Morgan fingerprint density at radius 1 is 0.814 bits per heavy atom. The summed E-state index contributed by atoms with van der Waals surface area (Å²) < 4.78 is 29.4. The van der Waals surface area contributed by atoms with Crippen molar-refractivity contribution in [2.45, 2.75) is 44.7 Å². The molecule has 0 saturated heterocycles. The number of halogens is 1. The van der Waals surface area contributed by atoms with E-state index in [0.717, 1.165) is 26.6 Å². The third-order valence-corrected chi connectivity index (χ3v) is 9.33. The van der Waals surface area contributed by atoms with E-state index in [0.29, 0.717) is 10.6 Å². The van der Waals surface area contributed by atoms with Gasteiger partial charge in [-0.25, -0.2) is 8.42 Å². The molecule has 0 fully saturated rings. The first-order valence-electron chi connectivity index (χ1n) is 14.0. The van der Waals surface area contributed by atoms with Crippen LogP contribution in [0, 0.1) is 20.8 Å². The lowest BCUT2D eigenvalue weighted by molar-refractivity contribution is -0.139. The standard InChI is InChI=1S/C34H36ClN3O4S/c1-24-10-15-28(16-11-24)22-37(32(34(40)36-4)20-27-8-6-5-7-9-27)33(39)23-38(31-21-29(35)17-14-26(31)3)43(41,42)30-18-12-25(2)13-19-30/h5-19,21,32H,20,22-23H2,1-4H3,(H,36,40). The average molecular weight is 618 g/mol. The normalized spacial score (nSPS) is 11.9. The zero-order chi connectivity index (χ0) is 31.1. The van der Waals surface area contributed by atoms with Gasteiger partial charge in [-0.1, -0.05) is 95.5 Å². The summed E-state index contributed by atoms with van der Waals surface area (Å²) in [6.07, 6.45) is 0.249. The van der Waals surface area contributed by atoms with Crippen LogP contribution in [0.25, 0.3) is 0 Å². The summed E-state index contributed by atoms with van der Waals surface area (Å²) in [7, 11) is -2.67. The minimum absolute atomic E-state index is 0.0440. The molecular weight excluding hydrogens is 582 g/mol. The van der Waals surface area contributed by atoms with E-state index >= 15 is 0 Å². The maximum absolute atomic E-state index is 14.4. The highest BCUT2D eigenvalue weighted by molar-refractivity contribution is 7.92. The highest BCUT2D eigenvalue weighted by atomic mass is 35.5. The Bertz CT molecular complexity index is 1680. The molecule has 2 amide bonds. The lowest BCUT2D eigenvalue weighted by atomic mass is 10.0. The average Bonchev–Trinajstić information content (AvgIpc) is 3.00. The van der Waals surface area contributed by atoms with Crippen LogP contribution in [-0.2, 0) is 32.6 Å². The second kappa shape index (κ2) is 13.9. The van der Waals surface area contributed by atoms with E-state index in [1.54, 1.807) is 37.3 Å². The molecule has 0 heterocycles. The summed E-state index contributed by atoms with van der Waals surface area (Å²) in [4.78, 5) is 29.3. The Hall–Kier alpha value is -4.14. The van der Waals surface area contributed by atoms with Crippen molar-refractivity contribution in [2.75, 3.05) is 17.9 Å². The van der Waals surface area contributed by atoms with Crippen molar-refractivity contribution < 1.29 is 18.0 Å². The van der Waals surface area contributed by atoms with Gasteiger partial charge in [-0.2, -0.15) is 0 Å². The van der Waals surface area contributed by atoms with E-state index in [4.69, 9.17) is 11.6 Å². The van der Waals surface area contributed by atoms with Crippen LogP contribution in [0.15, 0.2) is 102 Å². The fourth-order valence-corrected chi connectivity index (χ4v) is 6.45. The van der Waals surface area contributed by atoms with Crippen molar-refractivity contribution in [3.8, 4) is 0 Å². The summed E-state index contributed by atoms with van der Waals surface area (Å²) in [6.45, 7) is 5.17. The Labute approximate surface area is 259 Å². The number of rotatable bonds is 11. The summed E-state index contributed by atoms with van der Waals surface area (Å²) >= 11 is 6.33. The number of anilines is 1. The zero-order valence-corrected chi connectivity index (χ0v) is 26.3. The summed E-state index contributed by atoms with van der Waals surface area (Å²) in [5.41, 5.74) is 4.56. The molecule has 224 valence electrons. The van der Waals surface area contributed by atoms with Crippen LogP contribution in [0.2, 0.25) is 5.02 Å². The van der Waals surface area contributed by atoms with E-state index in [1.807, 2.05) is 68.4 Å². The highest BCUT2D eigenvalue weighted by Gasteiger charge is 2.34. The van der Waals surface area contributed by atoms with Gasteiger partial charge in [-0.15, -0.1) is 0 Å². The van der Waals surface area contributed by atoms with E-state index in [9.17, 15) is 18.0 Å². The molecule has 1 atom stereocenters. The highest BCUT2D eigenvalue weighted by Crippen LogP contribution is 2.30. The van der Waals surface area contributed by atoms with Crippen LogP contribution < -0.4 is 9.62 Å². The third-order valence-electron chi connectivity index (χ3n) is 7.32. The number of sulfonamides is 1. The smallest absolute Gasteiger partial charge is 0.264 e. The van der Waals surface area contributed by atoms with Gasteiger partial charge in [0.15, 0.2) is 0 Å². The number of carbonyl (C=O) groups is 2. The zero-order valence-electron chi connectivity index (χ0n) is 24.7. The number of hydrogen-bond acceptors (Lipinski definition) is 4. The summed E-state index contributed by atoms with van der Waals surface area (Å²) in [6, 6.07) is 27.6. The minimum Gasteiger partial charge on any atom is -0.357 e. The number of nitrogens with one attached hydrogen (secondary N) is 1. The Kier molecular flexibility index (Phi) is 10.3. The van der Waals surface area contributed by atoms with Gasteiger partial charge in [0, 0.05) is 25.0 Å². The van der Waals surface area contributed by atoms with Crippen molar-refractivity contribution in [1.29, 1.82) is 0 Å². The molecule has 7 nitrogen and oxygen atoms in total. The van der Waals surface area contributed by atoms with Crippen molar-refractivity contribution in [3.63, 3.8) is 0 Å². The molecule has 0 aliphatic rings. The van der Waals surface area contributed by atoms with E-state index in [2.05, 4.69) is 5.32 Å². The molecule has 4 rings (SSSR count). The third kappa shape index (κ3) is 7.83. The molecule has 0 radical (unpaired) electrons. The van der Waals surface area contributed by atoms with Gasteiger partial charge in [-0.05, 0) is 61.7 Å².